The number of ether oxygens (including phenoxy) is 1. The van der Waals surface area contributed by atoms with Crippen molar-refractivity contribution >= 4 is 23.8 Å². The van der Waals surface area contributed by atoms with Crippen LogP contribution >= 0.6 is 11.6 Å². The highest BCUT2D eigenvalue weighted by atomic mass is 35.5. The van der Waals surface area contributed by atoms with Crippen molar-refractivity contribution in [3.63, 3.8) is 0 Å². The van der Waals surface area contributed by atoms with Gasteiger partial charge in [0.1, 0.15) is 12.4 Å². The van der Waals surface area contributed by atoms with Gasteiger partial charge in [-0.25, -0.2) is 10.2 Å². The van der Waals surface area contributed by atoms with Crippen LogP contribution in [0.25, 0.3) is 0 Å². The molecule has 0 radical (unpaired) electrons. The second-order valence-corrected chi connectivity index (χ2v) is 3.43. The highest BCUT2D eigenvalue weighted by molar-refractivity contribution is 6.32. The van der Waals surface area contributed by atoms with Crippen molar-refractivity contribution in [2.45, 2.75) is 0 Å². The molecule has 5 nitrogen and oxygen atoms in total. The van der Waals surface area contributed by atoms with E-state index in [-0.39, 0.29) is 0 Å². The van der Waals surface area contributed by atoms with E-state index in [1.54, 1.807) is 24.3 Å². The van der Waals surface area contributed by atoms with E-state index in [2.05, 4.69) is 17.1 Å². The number of hydrogen-bond acceptors (Lipinski definition) is 3. The molecule has 6 heteroatoms. The summed E-state index contributed by atoms with van der Waals surface area (Å²) in [5.41, 5.74) is 7.65. The van der Waals surface area contributed by atoms with Crippen molar-refractivity contribution in [3.8, 4) is 5.75 Å². The predicted octanol–water partition coefficient (Wildman–Crippen LogP) is 1.91. The highest BCUT2D eigenvalue weighted by Crippen LogP contribution is 2.24. The summed E-state index contributed by atoms with van der Waals surface area (Å²) in [4.78, 5) is 10.4. The summed E-state index contributed by atoms with van der Waals surface area (Å²) >= 11 is 5.97. The number of nitrogens with zero attached hydrogens (tertiary/aromatic N) is 1. The van der Waals surface area contributed by atoms with Crippen LogP contribution in [0.4, 0.5) is 4.79 Å². The zero-order chi connectivity index (χ0) is 12.7. The lowest BCUT2D eigenvalue weighted by Gasteiger charge is -2.05. The lowest BCUT2D eigenvalue weighted by molar-refractivity contribution is 0.249. The van der Waals surface area contributed by atoms with E-state index in [0.717, 1.165) is 5.56 Å². The first-order valence-electron chi connectivity index (χ1n) is 4.75. The van der Waals surface area contributed by atoms with E-state index in [1.165, 1.54) is 6.21 Å². The van der Waals surface area contributed by atoms with Gasteiger partial charge in [0.05, 0.1) is 11.2 Å². The van der Waals surface area contributed by atoms with Crippen LogP contribution in [0.15, 0.2) is 36.0 Å². The molecule has 1 aromatic carbocycles. The minimum atomic E-state index is -0.724. The number of benzene rings is 1. The van der Waals surface area contributed by atoms with Crippen molar-refractivity contribution in [2.75, 3.05) is 6.61 Å². The first-order valence-corrected chi connectivity index (χ1v) is 5.13. The van der Waals surface area contributed by atoms with Gasteiger partial charge in [0.15, 0.2) is 0 Å². The van der Waals surface area contributed by atoms with E-state index >= 15 is 0 Å². The molecule has 2 amide bonds. The summed E-state index contributed by atoms with van der Waals surface area (Å²) in [5, 5.41) is 4.06. The molecule has 0 spiro atoms. The fourth-order valence-corrected chi connectivity index (χ4v) is 1.28. The van der Waals surface area contributed by atoms with Crippen molar-refractivity contribution in [1.82, 2.24) is 5.43 Å². The average molecular weight is 254 g/mol. The zero-order valence-corrected chi connectivity index (χ0v) is 9.78. The van der Waals surface area contributed by atoms with Crippen LogP contribution in [0.5, 0.6) is 5.75 Å². The highest BCUT2D eigenvalue weighted by Gasteiger charge is 2.01. The molecule has 0 atom stereocenters. The summed E-state index contributed by atoms with van der Waals surface area (Å²) in [5.74, 6) is 0.562. The number of hydrazone groups is 1. The predicted molar refractivity (Wildman–Crippen MR) is 67.5 cm³/mol. The van der Waals surface area contributed by atoms with E-state index in [1.807, 2.05) is 0 Å². The quantitative estimate of drug-likeness (QED) is 0.478. The molecule has 1 rings (SSSR count). The maximum Gasteiger partial charge on any atom is 0.332 e. The number of halogens is 1. The summed E-state index contributed by atoms with van der Waals surface area (Å²) in [6, 6.07) is 4.39. The number of amides is 2. The second kappa shape index (κ2) is 6.55. The molecular weight excluding hydrogens is 242 g/mol. The molecule has 0 aromatic heterocycles. The third-order valence-electron chi connectivity index (χ3n) is 1.70. The molecular formula is C11H12ClN3O2. The molecule has 17 heavy (non-hydrogen) atoms. The van der Waals surface area contributed by atoms with E-state index < -0.39 is 6.03 Å². The topological polar surface area (TPSA) is 76.7 Å². The number of nitrogens with one attached hydrogen (secondary N) is 1. The number of nitrogens with two attached hydrogens (primary N) is 1. The summed E-state index contributed by atoms with van der Waals surface area (Å²) < 4.78 is 5.30. The lowest BCUT2D eigenvalue weighted by atomic mass is 10.2. The molecule has 0 saturated heterocycles. The fourth-order valence-electron chi connectivity index (χ4n) is 1.03. The Morgan fingerprint density at radius 2 is 2.41 bits per heavy atom. The number of carbonyl (C=O) groups excluding carboxylic acids is 1. The first kappa shape index (κ1) is 13.1. The van der Waals surface area contributed by atoms with Gasteiger partial charge in [-0.05, 0) is 23.8 Å². The Kier molecular flexibility index (Phi) is 5.03. The second-order valence-electron chi connectivity index (χ2n) is 3.02. The van der Waals surface area contributed by atoms with Crippen molar-refractivity contribution in [1.29, 1.82) is 0 Å². The molecule has 1 aromatic rings. The van der Waals surface area contributed by atoms with Gasteiger partial charge in [0, 0.05) is 0 Å². The molecule has 0 saturated carbocycles. The largest absolute Gasteiger partial charge is 0.488 e. The summed E-state index contributed by atoms with van der Waals surface area (Å²) in [6.45, 7) is 3.92. The number of carbonyl (C=O) groups is 1. The van der Waals surface area contributed by atoms with E-state index in [9.17, 15) is 4.79 Å². The maximum atomic E-state index is 10.4. The van der Waals surface area contributed by atoms with Gasteiger partial charge < -0.3 is 10.5 Å². The number of primary amides is 1. The van der Waals surface area contributed by atoms with Gasteiger partial charge in [-0.3, -0.25) is 0 Å². The number of rotatable bonds is 5. The Balaban J connectivity index is 2.71. The minimum absolute atomic E-state index is 0.385. The molecule has 0 bridgehead atoms. The SMILES string of the molecule is C=CCOc1ccc(C=NNC(N)=O)cc1Cl. The fraction of sp³-hybridized carbons (Fsp3) is 0.0909. The maximum absolute atomic E-state index is 10.4. The van der Waals surface area contributed by atoms with Crippen LogP contribution in [-0.4, -0.2) is 18.9 Å². The van der Waals surface area contributed by atoms with Crippen LogP contribution in [0.3, 0.4) is 0 Å². The van der Waals surface area contributed by atoms with Crippen LogP contribution in [0.2, 0.25) is 5.02 Å². The van der Waals surface area contributed by atoms with Crippen molar-refractivity contribution in [3.05, 3.63) is 41.4 Å². The van der Waals surface area contributed by atoms with Crippen LogP contribution in [-0.2, 0) is 0 Å². The Labute approximate surface area is 104 Å². The van der Waals surface area contributed by atoms with Crippen LogP contribution in [0.1, 0.15) is 5.56 Å². The summed E-state index contributed by atoms with van der Waals surface area (Å²) in [6.07, 6.45) is 3.05. The van der Waals surface area contributed by atoms with Gasteiger partial charge in [0.25, 0.3) is 0 Å². The summed E-state index contributed by atoms with van der Waals surface area (Å²) in [7, 11) is 0. The van der Waals surface area contributed by atoms with Gasteiger partial charge in [-0.2, -0.15) is 5.10 Å². The Morgan fingerprint density at radius 1 is 1.65 bits per heavy atom. The third kappa shape index (κ3) is 4.56. The smallest absolute Gasteiger partial charge is 0.332 e. The minimum Gasteiger partial charge on any atom is -0.488 e. The molecule has 0 aliphatic heterocycles. The van der Waals surface area contributed by atoms with Crippen LogP contribution < -0.4 is 15.9 Å². The Hall–Kier alpha value is -2.01. The number of urea groups is 1. The standard InChI is InChI=1S/C11H12ClN3O2/c1-2-5-17-10-4-3-8(6-9(10)12)7-14-15-11(13)16/h2-4,6-7H,1,5H2,(H3,13,15,16). The average Bonchev–Trinajstić information content (AvgIpc) is 2.27. The first-order chi connectivity index (χ1) is 8.13. The lowest BCUT2D eigenvalue weighted by Crippen LogP contribution is -2.24. The van der Waals surface area contributed by atoms with Gasteiger partial charge in [-0.1, -0.05) is 24.3 Å². The Morgan fingerprint density at radius 3 is 3.00 bits per heavy atom. The molecule has 3 N–H and O–H groups in total. The molecule has 0 aliphatic rings. The van der Waals surface area contributed by atoms with E-state index in [0.29, 0.717) is 17.4 Å². The van der Waals surface area contributed by atoms with E-state index in [4.69, 9.17) is 22.1 Å². The molecule has 0 unspecified atom stereocenters. The van der Waals surface area contributed by atoms with Crippen molar-refractivity contribution < 1.29 is 9.53 Å². The monoisotopic (exact) mass is 253 g/mol. The molecule has 90 valence electrons. The van der Waals surface area contributed by atoms with Gasteiger partial charge in [-0.15, -0.1) is 0 Å². The molecule has 0 fully saturated rings. The molecule has 0 heterocycles. The normalized spacial score (nSPS) is 10.2. The van der Waals surface area contributed by atoms with Crippen molar-refractivity contribution in [2.24, 2.45) is 10.8 Å². The van der Waals surface area contributed by atoms with Crippen LogP contribution in [0, 0.1) is 0 Å². The molecule has 0 aliphatic carbocycles. The van der Waals surface area contributed by atoms with Gasteiger partial charge >= 0.3 is 6.03 Å². The third-order valence-corrected chi connectivity index (χ3v) is 2.00. The Bertz CT molecular complexity index is 446. The number of hydrogen-bond donors (Lipinski definition) is 2. The zero-order valence-electron chi connectivity index (χ0n) is 9.02. The van der Waals surface area contributed by atoms with Gasteiger partial charge in [0.2, 0.25) is 0 Å².